The van der Waals surface area contributed by atoms with Crippen molar-refractivity contribution in [1.82, 2.24) is 15.2 Å². The van der Waals surface area contributed by atoms with Crippen molar-refractivity contribution in [3.05, 3.63) is 36.5 Å². The second-order valence-electron chi connectivity index (χ2n) is 6.28. The van der Waals surface area contributed by atoms with Gasteiger partial charge in [0, 0.05) is 24.8 Å². The molecule has 3 N–H and O–H groups in total. The van der Waals surface area contributed by atoms with Gasteiger partial charge >= 0.3 is 6.03 Å². The van der Waals surface area contributed by atoms with Crippen LogP contribution in [0.4, 0.5) is 4.79 Å². The van der Waals surface area contributed by atoms with Crippen LogP contribution in [0.3, 0.4) is 0 Å². The number of para-hydroxylation sites is 1. The molecule has 124 valence electrons. The van der Waals surface area contributed by atoms with Gasteiger partial charge in [-0.1, -0.05) is 31.0 Å². The van der Waals surface area contributed by atoms with E-state index in [9.17, 15) is 9.90 Å². The van der Waals surface area contributed by atoms with E-state index in [4.69, 9.17) is 0 Å². The van der Waals surface area contributed by atoms with Crippen LogP contribution in [-0.2, 0) is 6.54 Å². The third-order valence-electron chi connectivity index (χ3n) is 4.59. The summed E-state index contributed by atoms with van der Waals surface area (Å²) in [5.74, 6) is 0. The Labute approximate surface area is 136 Å². The second-order valence-corrected chi connectivity index (χ2v) is 6.28. The zero-order valence-electron chi connectivity index (χ0n) is 13.4. The first-order valence-electron chi connectivity index (χ1n) is 8.50. The Morgan fingerprint density at radius 2 is 2.04 bits per heavy atom. The molecule has 23 heavy (non-hydrogen) atoms. The Hall–Kier alpha value is -2.01. The summed E-state index contributed by atoms with van der Waals surface area (Å²) in [6.07, 6.45) is 6.33. The normalized spacial score (nSPS) is 21.3. The lowest BCUT2D eigenvalue weighted by molar-refractivity contribution is 0.0943. The molecule has 1 fully saturated rings. The summed E-state index contributed by atoms with van der Waals surface area (Å²) in [7, 11) is 0. The standard InChI is InChI=1S/C18H25N3O2/c22-17-9-4-2-7-15(17)20-18(23)19-11-5-12-21-13-10-14-6-1-3-8-16(14)21/h1,3,6,8,10,13,15,17,22H,2,4-5,7,9,11-12H2,(H2,19,20,23). The van der Waals surface area contributed by atoms with Gasteiger partial charge in [0.2, 0.25) is 0 Å². The molecular weight excluding hydrogens is 290 g/mol. The first kappa shape index (κ1) is 15.9. The summed E-state index contributed by atoms with van der Waals surface area (Å²) >= 11 is 0. The molecule has 5 heteroatoms. The molecule has 1 saturated carbocycles. The molecule has 2 atom stereocenters. The highest BCUT2D eigenvalue weighted by atomic mass is 16.3. The fourth-order valence-electron chi connectivity index (χ4n) is 3.29. The van der Waals surface area contributed by atoms with Crippen LogP contribution in [0.1, 0.15) is 32.1 Å². The number of hydrogen-bond acceptors (Lipinski definition) is 2. The Balaban J connectivity index is 1.40. The maximum Gasteiger partial charge on any atom is 0.315 e. The number of aryl methyl sites for hydroxylation is 1. The van der Waals surface area contributed by atoms with Crippen LogP contribution in [0.25, 0.3) is 10.9 Å². The molecule has 0 aliphatic heterocycles. The molecule has 1 aromatic carbocycles. The lowest BCUT2D eigenvalue weighted by Gasteiger charge is -2.28. The number of aliphatic hydroxyl groups excluding tert-OH is 1. The predicted molar refractivity (Wildman–Crippen MR) is 91.4 cm³/mol. The third kappa shape index (κ3) is 4.05. The molecule has 2 amide bonds. The Kier molecular flexibility index (Phi) is 5.18. The minimum Gasteiger partial charge on any atom is -0.391 e. The van der Waals surface area contributed by atoms with Crippen molar-refractivity contribution < 1.29 is 9.90 Å². The zero-order valence-corrected chi connectivity index (χ0v) is 13.4. The number of carbonyl (C=O) groups is 1. The molecule has 2 aromatic rings. The number of carbonyl (C=O) groups excluding carboxylic acids is 1. The van der Waals surface area contributed by atoms with E-state index < -0.39 is 6.10 Å². The zero-order chi connectivity index (χ0) is 16.1. The Morgan fingerprint density at radius 3 is 2.91 bits per heavy atom. The van der Waals surface area contributed by atoms with Gasteiger partial charge in [-0.15, -0.1) is 0 Å². The molecule has 3 rings (SSSR count). The molecule has 1 aliphatic carbocycles. The number of aliphatic hydroxyl groups is 1. The minimum atomic E-state index is -0.402. The molecule has 1 heterocycles. The largest absolute Gasteiger partial charge is 0.391 e. The molecule has 0 radical (unpaired) electrons. The van der Waals surface area contributed by atoms with E-state index >= 15 is 0 Å². The van der Waals surface area contributed by atoms with Crippen molar-refractivity contribution in [3.8, 4) is 0 Å². The molecule has 0 spiro atoms. The van der Waals surface area contributed by atoms with Crippen molar-refractivity contribution in [1.29, 1.82) is 0 Å². The van der Waals surface area contributed by atoms with E-state index in [1.807, 2.05) is 12.1 Å². The van der Waals surface area contributed by atoms with Gasteiger partial charge in [0.05, 0.1) is 12.1 Å². The average molecular weight is 315 g/mol. The number of nitrogens with zero attached hydrogens (tertiary/aromatic N) is 1. The molecule has 1 aromatic heterocycles. The number of rotatable bonds is 5. The number of amides is 2. The Morgan fingerprint density at radius 1 is 1.22 bits per heavy atom. The van der Waals surface area contributed by atoms with Crippen LogP contribution in [0, 0.1) is 0 Å². The molecule has 0 saturated heterocycles. The number of fused-ring (bicyclic) bond motifs is 1. The number of benzene rings is 1. The van der Waals surface area contributed by atoms with Gasteiger partial charge < -0.3 is 20.3 Å². The molecule has 5 nitrogen and oxygen atoms in total. The van der Waals surface area contributed by atoms with Gasteiger partial charge in [-0.05, 0) is 36.8 Å². The van der Waals surface area contributed by atoms with Gasteiger partial charge in [0.1, 0.15) is 0 Å². The summed E-state index contributed by atoms with van der Waals surface area (Å²) in [6, 6.07) is 10.1. The fraction of sp³-hybridized carbons (Fsp3) is 0.500. The van der Waals surface area contributed by atoms with E-state index in [0.717, 1.165) is 38.6 Å². The monoisotopic (exact) mass is 315 g/mol. The van der Waals surface area contributed by atoms with Crippen LogP contribution in [0.15, 0.2) is 36.5 Å². The lowest BCUT2D eigenvalue weighted by Crippen LogP contribution is -2.49. The lowest BCUT2D eigenvalue weighted by atomic mass is 9.93. The summed E-state index contributed by atoms with van der Waals surface area (Å²) in [5.41, 5.74) is 1.22. The second kappa shape index (κ2) is 7.51. The quantitative estimate of drug-likeness (QED) is 0.743. The number of hydrogen-bond donors (Lipinski definition) is 3. The summed E-state index contributed by atoms with van der Waals surface area (Å²) in [6.45, 7) is 1.50. The van der Waals surface area contributed by atoms with Crippen LogP contribution in [0.5, 0.6) is 0 Å². The highest BCUT2D eigenvalue weighted by Crippen LogP contribution is 2.18. The van der Waals surface area contributed by atoms with Crippen LogP contribution in [0.2, 0.25) is 0 Å². The van der Waals surface area contributed by atoms with E-state index in [0.29, 0.717) is 6.54 Å². The van der Waals surface area contributed by atoms with Crippen molar-refractivity contribution >= 4 is 16.9 Å². The Bertz CT molecular complexity index is 653. The van der Waals surface area contributed by atoms with Crippen LogP contribution < -0.4 is 10.6 Å². The van der Waals surface area contributed by atoms with E-state index in [2.05, 4.69) is 39.6 Å². The van der Waals surface area contributed by atoms with Gasteiger partial charge in [0.25, 0.3) is 0 Å². The first-order chi connectivity index (χ1) is 11.2. The maximum atomic E-state index is 11.9. The molecule has 2 unspecified atom stereocenters. The predicted octanol–water partition coefficient (Wildman–Crippen LogP) is 2.63. The number of urea groups is 1. The van der Waals surface area contributed by atoms with E-state index in [-0.39, 0.29) is 12.1 Å². The van der Waals surface area contributed by atoms with Crippen molar-refractivity contribution in [3.63, 3.8) is 0 Å². The molecule has 0 bridgehead atoms. The van der Waals surface area contributed by atoms with Gasteiger partial charge in [-0.25, -0.2) is 4.79 Å². The maximum absolute atomic E-state index is 11.9. The average Bonchev–Trinajstić information content (AvgIpc) is 2.97. The number of nitrogens with one attached hydrogen (secondary N) is 2. The highest BCUT2D eigenvalue weighted by Gasteiger charge is 2.24. The highest BCUT2D eigenvalue weighted by molar-refractivity contribution is 5.79. The first-order valence-corrected chi connectivity index (χ1v) is 8.50. The van der Waals surface area contributed by atoms with Gasteiger partial charge in [-0.3, -0.25) is 0 Å². The van der Waals surface area contributed by atoms with Crippen LogP contribution >= 0.6 is 0 Å². The minimum absolute atomic E-state index is 0.0999. The van der Waals surface area contributed by atoms with Crippen molar-refractivity contribution in [2.24, 2.45) is 0 Å². The van der Waals surface area contributed by atoms with Crippen molar-refractivity contribution in [2.75, 3.05) is 6.54 Å². The fourth-order valence-corrected chi connectivity index (χ4v) is 3.29. The van der Waals surface area contributed by atoms with Gasteiger partial charge in [-0.2, -0.15) is 0 Å². The van der Waals surface area contributed by atoms with Crippen LogP contribution in [-0.4, -0.2) is 34.4 Å². The smallest absolute Gasteiger partial charge is 0.315 e. The summed E-state index contributed by atoms with van der Waals surface area (Å²) in [4.78, 5) is 11.9. The third-order valence-corrected chi connectivity index (χ3v) is 4.59. The molecule has 1 aliphatic rings. The molecular formula is C18H25N3O2. The van der Waals surface area contributed by atoms with Crippen molar-refractivity contribution in [2.45, 2.75) is 50.8 Å². The topological polar surface area (TPSA) is 66.3 Å². The SMILES string of the molecule is O=C(NCCCn1ccc2ccccc21)NC1CCCCC1O. The summed E-state index contributed by atoms with van der Waals surface area (Å²) in [5, 5.41) is 16.9. The summed E-state index contributed by atoms with van der Waals surface area (Å²) < 4.78 is 2.21. The van der Waals surface area contributed by atoms with E-state index in [1.165, 1.54) is 10.9 Å². The van der Waals surface area contributed by atoms with E-state index in [1.54, 1.807) is 0 Å². The van der Waals surface area contributed by atoms with Gasteiger partial charge in [0.15, 0.2) is 0 Å². The number of aromatic nitrogens is 1.